The third-order valence-electron chi connectivity index (χ3n) is 6.74. The van der Waals surface area contributed by atoms with Gasteiger partial charge in [-0.3, -0.25) is 14.4 Å². The van der Waals surface area contributed by atoms with Crippen molar-refractivity contribution in [3.8, 4) is 0 Å². The number of benzene rings is 1. The molecule has 0 bridgehead atoms. The van der Waals surface area contributed by atoms with Gasteiger partial charge in [-0.1, -0.05) is 64.4 Å². The van der Waals surface area contributed by atoms with E-state index in [1.807, 2.05) is 49.2 Å². The molecule has 3 unspecified atom stereocenters. The highest BCUT2D eigenvalue weighted by Gasteiger charge is 2.25. The molecule has 0 spiro atoms. The molecule has 0 aliphatic heterocycles. The summed E-state index contributed by atoms with van der Waals surface area (Å²) < 4.78 is 4.88. The molecule has 0 radical (unpaired) electrons. The van der Waals surface area contributed by atoms with E-state index in [0.29, 0.717) is 37.3 Å². The maximum Gasteiger partial charge on any atom is 0.308 e. The number of hydrogen-bond acceptors (Lipinski definition) is 6. The molecule has 0 aliphatic rings. The third-order valence-corrected chi connectivity index (χ3v) is 7.65. The highest BCUT2D eigenvalue weighted by molar-refractivity contribution is 7.09. The van der Waals surface area contributed by atoms with Crippen molar-refractivity contribution in [3.05, 3.63) is 52.0 Å². The summed E-state index contributed by atoms with van der Waals surface area (Å²) in [6, 6.07) is 9.79. The molecule has 2 rings (SSSR count). The summed E-state index contributed by atoms with van der Waals surface area (Å²) in [5.74, 6) is -0.358. The topological polar surface area (TPSA) is 88.6 Å². The molecule has 0 aliphatic carbocycles. The Morgan fingerprint density at radius 2 is 1.84 bits per heavy atom. The van der Waals surface area contributed by atoms with Gasteiger partial charge in [0.05, 0.1) is 18.0 Å². The summed E-state index contributed by atoms with van der Waals surface area (Å²) in [4.78, 5) is 44.1. The Bertz CT molecular complexity index is 992. The number of aromatic nitrogens is 1. The maximum absolute atomic E-state index is 13.1. The second-order valence-electron chi connectivity index (χ2n) is 10.1. The molecule has 1 aromatic heterocycles. The fourth-order valence-corrected chi connectivity index (χ4v) is 5.33. The monoisotopic (exact) mass is 529 g/mol. The van der Waals surface area contributed by atoms with Crippen molar-refractivity contribution in [2.45, 2.75) is 84.7 Å². The van der Waals surface area contributed by atoms with E-state index in [9.17, 15) is 14.4 Å². The van der Waals surface area contributed by atoms with E-state index in [-0.39, 0.29) is 35.8 Å². The van der Waals surface area contributed by atoms with Crippen LogP contribution in [0.3, 0.4) is 0 Å². The molecule has 3 atom stereocenters. The Balaban J connectivity index is 2.03. The number of thiazole rings is 1. The van der Waals surface area contributed by atoms with Gasteiger partial charge in [0.25, 0.3) is 5.91 Å². The van der Waals surface area contributed by atoms with Crippen LogP contribution < -0.4 is 5.32 Å². The lowest BCUT2D eigenvalue weighted by Gasteiger charge is -2.31. The Kier molecular flexibility index (Phi) is 12.8. The van der Waals surface area contributed by atoms with Gasteiger partial charge in [0.2, 0.25) is 5.91 Å². The molecule has 2 aromatic rings. The predicted molar refractivity (Wildman–Crippen MR) is 149 cm³/mol. The van der Waals surface area contributed by atoms with E-state index in [1.54, 1.807) is 5.38 Å². The first-order valence-corrected chi connectivity index (χ1v) is 14.2. The number of rotatable bonds is 15. The van der Waals surface area contributed by atoms with Crippen molar-refractivity contribution in [2.24, 2.45) is 11.8 Å². The van der Waals surface area contributed by atoms with E-state index in [2.05, 4.69) is 31.1 Å². The quantitative estimate of drug-likeness (QED) is 0.317. The molecule has 204 valence electrons. The standard InChI is InChI=1S/C29H43N3O4S/c1-7-8-14-27(33)32(5)25(20(2)3)15-16-26-31-24(19-37-26)28(34)30-23(17-21(4)29(35)36-6)18-22-12-10-9-11-13-22/h9-13,19-21,23,25H,7-8,14-18H2,1-6H3,(H,30,34). The number of methoxy groups -OCH3 is 1. The van der Waals surface area contributed by atoms with Crippen LogP contribution >= 0.6 is 11.3 Å². The third kappa shape index (κ3) is 9.91. The van der Waals surface area contributed by atoms with E-state index in [4.69, 9.17) is 4.74 Å². The Morgan fingerprint density at radius 3 is 2.46 bits per heavy atom. The number of carbonyl (C=O) groups excluding carboxylic acids is 3. The molecular formula is C29H43N3O4S. The minimum absolute atomic E-state index is 0.126. The van der Waals surface area contributed by atoms with Crippen molar-refractivity contribution in [2.75, 3.05) is 14.2 Å². The average molecular weight is 530 g/mol. The van der Waals surface area contributed by atoms with Crippen molar-refractivity contribution in [1.82, 2.24) is 15.2 Å². The van der Waals surface area contributed by atoms with Crippen LogP contribution in [-0.2, 0) is 27.2 Å². The van der Waals surface area contributed by atoms with E-state index < -0.39 is 0 Å². The zero-order valence-corrected chi connectivity index (χ0v) is 24.0. The minimum atomic E-state index is -0.338. The van der Waals surface area contributed by atoms with Gasteiger partial charge in [0.1, 0.15) is 5.69 Å². The number of aryl methyl sites for hydroxylation is 1. The summed E-state index contributed by atoms with van der Waals surface area (Å²) >= 11 is 1.47. The van der Waals surface area contributed by atoms with Gasteiger partial charge in [0.15, 0.2) is 0 Å². The van der Waals surface area contributed by atoms with Gasteiger partial charge >= 0.3 is 5.97 Å². The van der Waals surface area contributed by atoms with Gasteiger partial charge in [-0.05, 0) is 37.2 Å². The molecule has 0 saturated heterocycles. The van der Waals surface area contributed by atoms with Gasteiger partial charge in [-0.2, -0.15) is 0 Å². The molecular weight excluding hydrogens is 486 g/mol. The van der Waals surface area contributed by atoms with Gasteiger partial charge in [-0.15, -0.1) is 11.3 Å². The van der Waals surface area contributed by atoms with Gasteiger partial charge in [0, 0.05) is 37.4 Å². The number of unbranched alkanes of at least 4 members (excludes halogenated alkanes) is 1. The Morgan fingerprint density at radius 1 is 1.14 bits per heavy atom. The predicted octanol–water partition coefficient (Wildman–Crippen LogP) is 5.29. The fraction of sp³-hybridized carbons (Fsp3) is 0.586. The van der Waals surface area contributed by atoms with E-state index >= 15 is 0 Å². The zero-order chi connectivity index (χ0) is 27.4. The van der Waals surface area contributed by atoms with E-state index in [1.165, 1.54) is 18.4 Å². The summed E-state index contributed by atoms with van der Waals surface area (Å²) in [6.45, 7) is 8.17. The molecule has 8 heteroatoms. The van der Waals surface area contributed by atoms with Gasteiger partial charge < -0.3 is 15.0 Å². The second-order valence-corrected chi connectivity index (χ2v) is 11.0. The molecule has 2 amide bonds. The average Bonchev–Trinajstić information content (AvgIpc) is 3.36. The van der Waals surface area contributed by atoms with Crippen LogP contribution in [0.2, 0.25) is 0 Å². The van der Waals surface area contributed by atoms with Crippen LogP contribution in [0, 0.1) is 11.8 Å². The zero-order valence-electron chi connectivity index (χ0n) is 23.2. The summed E-state index contributed by atoms with van der Waals surface area (Å²) in [6.07, 6.45) is 5.08. The number of carbonyl (C=O) groups is 3. The van der Waals surface area contributed by atoms with Crippen LogP contribution in [0.15, 0.2) is 35.7 Å². The van der Waals surface area contributed by atoms with Crippen LogP contribution in [0.25, 0.3) is 0 Å². The van der Waals surface area contributed by atoms with Crippen molar-refractivity contribution in [1.29, 1.82) is 0 Å². The summed E-state index contributed by atoms with van der Waals surface area (Å²) in [5, 5.41) is 5.75. The highest BCUT2D eigenvalue weighted by Crippen LogP contribution is 2.20. The molecule has 1 heterocycles. The first-order chi connectivity index (χ1) is 17.7. The van der Waals surface area contributed by atoms with Crippen molar-refractivity contribution in [3.63, 3.8) is 0 Å². The smallest absolute Gasteiger partial charge is 0.308 e. The molecule has 37 heavy (non-hydrogen) atoms. The minimum Gasteiger partial charge on any atom is -0.469 e. The highest BCUT2D eigenvalue weighted by atomic mass is 32.1. The molecule has 7 nitrogen and oxygen atoms in total. The van der Waals surface area contributed by atoms with Crippen LogP contribution in [0.4, 0.5) is 0 Å². The Hall–Kier alpha value is -2.74. The number of amides is 2. The number of ether oxygens (including phenoxy) is 1. The first-order valence-electron chi connectivity index (χ1n) is 13.3. The number of esters is 1. The second kappa shape index (κ2) is 15.5. The molecule has 0 fully saturated rings. The van der Waals surface area contributed by atoms with E-state index in [0.717, 1.165) is 29.8 Å². The Labute approximate surface area is 226 Å². The van der Waals surface area contributed by atoms with Crippen LogP contribution in [-0.4, -0.2) is 53.9 Å². The van der Waals surface area contributed by atoms with Gasteiger partial charge in [-0.25, -0.2) is 4.98 Å². The van der Waals surface area contributed by atoms with Crippen LogP contribution in [0.5, 0.6) is 0 Å². The molecule has 0 saturated carbocycles. The molecule has 1 aromatic carbocycles. The lowest BCUT2D eigenvalue weighted by Crippen LogP contribution is -2.40. The summed E-state index contributed by atoms with van der Waals surface area (Å²) in [5.41, 5.74) is 1.47. The normalized spacial score (nSPS) is 13.6. The first kappa shape index (κ1) is 30.5. The maximum atomic E-state index is 13.1. The number of hydrogen-bond donors (Lipinski definition) is 1. The molecule has 1 N–H and O–H groups in total. The lowest BCUT2D eigenvalue weighted by atomic mass is 9.96. The van der Waals surface area contributed by atoms with Crippen LogP contribution in [0.1, 0.15) is 80.9 Å². The number of nitrogens with zero attached hydrogens (tertiary/aromatic N) is 2. The lowest BCUT2D eigenvalue weighted by molar-refractivity contribution is -0.145. The fourth-order valence-electron chi connectivity index (χ4n) is 4.54. The van der Waals surface area contributed by atoms with Crippen molar-refractivity contribution < 1.29 is 19.1 Å². The van der Waals surface area contributed by atoms with Crippen molar-refractivity contribution >= 4 is 29.1 Å². The SMILES string of the molecule is CCCCC(=O)N(C)C(CCc1nc(C(=O)NC(Cc2ccccc2)CC(C)C(=O)OC)cs1)C(C)C. The number of nitrogens with one attached hydrogen (secondary N) is 1. The largest absolute Gasteiger partial charge is 0.469 e. The summed E-state index contributed by atoms with van der Waals surface area (Å²) in [7, 11) is 3.27.